The summed E-state index contributed by atoms with van der Waals surface area (Å²) in [5.41, 5.74) is 1.35. The van der Waals surface area contributed by atoms with Gasteiger partial charge in [0.05, 0.1) is 5.75 Å². The van der Waals surface area contributed by atoms with Gasteiger partial charge in [-0.05, 0) is 31.4 Å². The maximum Gasteiger partial charge on any atom is 0.191 e. The Labute approximate surface area is 174 Å². The predicted molar refractivity (Wildman–Crippen MR) is 119 cm³/mol. The molecule has 0 saturated carbocycles. The van der Waals surface area contributed by atoms with E-state index < -0.39 is 9.84 Å². The molecule has 0 radical (unpaired) electrons. The minimum absolute atomic E-state index is 0. The summed E-state index contributed by atoms with van der Waals surface area (Å²) in [6.07, 6.45) is 4.26. The molecule has 148 valence electrons. The van der Waals surface area contributed by atoms with Gasteiger partial charge in [-0.1, -0.05) is 30.3 Å². The fourth-order valence-corrected chi connectivity index (χ4v) is 3.80. The Kier molecular flexibility index (Phi) is 10.5. The Hall–Kier alpha value is -0.870. The van der Waals surface area contributed by atoms with Gasteiger partial charge in [-0.15, -0.1) is 24.0 Å². The Morgan fingerprint density at radius 1 is 1.27 bits per heavy atom. The lowest BCUT2D eigenvalue weighted by atomic mass is 10.2. The fourth-order valence-electron chi connectivity index (χ4n) is 3.13. The maximum atomic E-state index is 11.2. The first-order valence-corrected chi connectivity index (χ1v) is 10.9. The number of hydrogen-bond acceptors (Lipinski definition) is 4. The molecule has 1 aliphatic heterocycles. The smallest absolute Gasteiger partial charge is 0.191 e. The average Bonchev–Trinajstić information content (AvgIpc) is 3.01. The molecule has 26 heavy (non-hydrogen) atoms. The molecule has 1 aromatic rings. The van der Waals surface area contributed by atoms with Crippen molar-refractivity contribution in [3.8, 4) is 0 Å². The summed E-state index contributed by atoms with van der Waals surface area (Å²) in [5, 5.41) is 6.56. The highest BCUT2D eigenvalue weighted by Crippen LogP contribution is 2.19. The molecule has 1 unspecified atom stereocenters. The van der Waals surface area contributed by atoms with Gasteiger partial charge in [-0.2, -0.15) is 0 Å². The summed E-state index contributed by atoms with van der Waals surface area (Å²) >= 11 is 0. The number of likely N-dealkylation sites (tertiary alicyclic amines) is 1. The molecule has 0 aliphatic carbocycles. The second-order valence-electron chi connectivity index (χ2n) is 6.62. The Balaban J connectivity index is 0.00000338. The quantitative estimate of drug-likeness (QED) is 0.250. The molecule has 1 heterocycles. The molecule has 0 bridgehead atoms. The Morgan fingerprint density at radius 2 is 2.00 bits per heavy atom. The zero-order valence-electron chi connectivity index (χ0n) is 15.6. The molecule has 0 amide bonds. The van der Waals surface area contributed by atoms with Crippen LogP contribution in [0.25, 0.3) is 0 Å². The van der Waals surface area contributed by atoms with Gasteiger partial charge in [0, 0.05) is 39.0 Å². The lowest BCUT2D eigenvalue weighted by Gasteiger charge is -2.25. The molecule has 1 aliphatic rings. The van der Waals surface area contributed by atoms with Gasteiger partial charge in [0.25, 0.3) is 0 Å². The van der Waals surface area contributed by atoms with Crippen LogP contribution in [0.3, 0.4) is 0 Å². The number of halogens is 1. The van der Waals surface area contributed by atoms with Crippen LogP contribution in [0, 0.1) is 0 Å². The van der Waals surface area contributed by atoms with Crippen LogP contribution in [-0.4, -0.2) is 64.0 Å². The number of hydrogen-bond donors (Lipinski definition) is 2. The lowest BCUT2D eigenvalue weighted by molar-refractivity contribution is 0.245. The van der Waals surface area contributed by atoms with Crippen molar-refractivity contribution in [1.29, 1.82) is 0 Å². The molecule has 1 aromatic carbocycles. The lowest BCUT2D eigenvalue weighted by Crippen LogP contribution is -2.45. The van der Waals surface area contributed by atoms with E-state index in [0.29, 0.717) is 19.0 Å². The van der Waals surface area contributed by atoms with Crippen LogP contribution < -0.4 is 10.6 Å². The van der Waals surface area contributed by atoms with Crippen molar-refractivity contribution < 1.29 is 8.42 Å². The van der Waals surface area contributed by atoms with Crippen molar-refractivity contribution in [3.63, 3.8) is 0 Å². The van der Waals surface area contributed by atoms with Crippen LogP contribution in [0.2, 0.25) is 0 Å². The minimum atomic E-state index is -2.90. The number of guanidine groups is 1. The summed E-state index contributed by atoms with van der Waals surface area (Å²) in [6, 6.07) is 11.1. The highest BCUT2D eigenvalue weighted by molar-refractivity contribution is 14.0. The Bertz CT molecular complexity index is 652. The van der Waals surface area contributed by atoms with Crippen LogP contribution in [-0.2, 0) is 16.4 Å². The third kappa shape index (κ3) is 8.68. The van der Waals surface area contributed by atoms with E-state index in [9.17, 15) is 8.42 Å². The second kappa shape index (κ2) is 11.8. The highest BCUT2D eigenvalue weighted by Gasteiger charge is 2.24. The van der Waals surface area contributed by atoms with Crippen LogP contribution in [0.1, 0.15) is 24.8 Å². The summed E-state index contributed by atoms with van der Waals surface area (Å²) in [6.45, 7) is 3.55. The van der Waals surface area contributed by atoms with Gasteiger partial charge >= 0.3 is 0 Å². The molecule has 6 nitrogen and oxygen atoms in total. The molecule has 2 rings (SSSR count). The molecule has 0 aromatic heterocycles. The minimum Gasteiger partial charge on any atom is -0.356 e. The first-order chi connectivity index (χ1) is 12.0. The number of nitrogens with one attached hydrogen (secondary N) is 2. The second-order valence-corrected chi connectivity index (χ2v) is 8.88. The van der Waals surface area contributed by atoms with E-state index in [4.69, 9.17) is 0 Å². The van der Waals surface area contributed by atoms with Gasteiger partial charge in [-0.3, -0.25) is 9.89 Å². The van der Waals surface area contributed by atoms with Crippen LogP contribution in [0.5, 0.6) is 0 Å². The summed E-state index contributed by atoms with van der Waals surface area (Å²) < 4.78 is 22.3. The average molecular weight is 494 g/mol. The standard InChI is InChI=1S/C18H30N4O2S.HI/c1-19-18(20-11-7-13-25(2,23)24)21-14-17-10-6-12-22(17)15-16-8-4-3-5-9-16;/h3-5,8-9,17H,6-7,10-15H2,1-2H3,(H2,19,20,21);1H. The largest absolute Gasteiger partial charge is 0.356 e. The SMILES string of the molecule is CN=C(NCCCS(C)(=O)=O)NCC1CCCN1Cc1ccccc1.I. The molecule has 8 heteroatoms. The fraction of sp³-hybridized carbons (Fsp3) is 0.611. The van der Waals surface area contributed by atoms with Gasteiger partial charge in [0.1, 0.15) is 9.84 Å². The van der Waals surface area contributed by atoms with E-state index in [-0.39, 0.29) is 29.7 Å². The zero-order valence-corrected chi connectivity index (χ0v) is 18.8. The van der Waals surface area contributed by atoms with Gasteiger partial charge < -0.3 is 10.6 Å². The van der Waals surface area contributed by atoms with Gasteiger partial charge in [0.15, 0.2) is 5.96 Å². The molecule has 0 spiro atoms. The number of aliphatic imine (C=N–C) groups is 1. The van der Waals surface area contributed by atoms with Crippen LogP contribution >= 0.6 is 24.0 Å². The topological polar surface area (TPSA) is 73.8 Å². The van der Waals surface area contributed by atoms with Crippen molar-refractivity contribution in [2.75, 3.05) is 38.7 Å². The first-order valence-electron chi connectivity index (χ1n) is 8.88. The predicted octanol–water partition coefficient (Wildman–Crippen LogP) is 1.87. The van der Waals surface area contributed by atoms with E-state index in [0.717, 1.165) is 25.6 Å². The van der Waals surface area contributed by atoms with Crippen molar-refractivity contribution in [2.45, 2.75) is 31.8 Å². The van der Waals surface area contributed by atoms with Crippen molar-refractivity contribution >= 4 is 39.8 Å². The molecule has 1 fully saturated rings. The molecular formula is C18H31IN4O2S. The third-order valence-electron chi connectivity index (χ3n) is 4.44. The van der Waals surface area contributed by atoms with E-state index in [1.54, 1.807) is 7.05 Å². The highest BCUT2D eigenvalue weighted by atomic mass is 127. The first kappa shape index (κ1) is 23.2. The number of benzene rings is 1. The Morgan fingerprint density at radius 3 is 2.65 bits per heavy atom. The number of rotatable bonds is 8. The molecule has 2 N–H and O–H groups in total. The van der Waals surface area contributed by atoms with Crippen LogP contribution in [0.4, 0.5) is 0 Å². The number of sulfone groups is 1. The summed E-state index contributed by atoms with van der Waals surface area (Å²) in [4.78, 5) is 6.73. The van der Waals surface area contributed by atoms with Gasteiger partial charge in [0.2, 0.25) is 0 Å². The molecule has 1 saturated heterocycles. The van der Waals surface area contributed by atoms with E-state index in [1.807, 2.05) is 6.07 Å². The van der Waals surface area contributed by atoms with Crippen LogP contribution in [0.15, 0.2) is 35.3 Å². The molecular weight excluding hydrogens is 463 g/mol. The number of nitrogens with zero attached hydrogens (tertiary/aromatic N) is 2. The van der Waals surface area contributed by atoms with E-state index >= 15 is 0 Å². The monoisotopic (exact) mass is 494 g/mol. The maximum absolute atomic E-state index is 11.2. The van der Waals surface area contributed by atoms with E-state index in [1.165, 1.54) is 24.7 Å². The van der Waals surface area contributed by atoms with E-state index in [2.05, 4.69) is 44.8 Å². The van der Waals surface area contributed by atoms with Crippen molar-refractivity contribution in [1.82, 2.24) is 15.5 Å². The van der Waals surface area contributed by atoms with Crippen molar-refractivity contribution in [3.05, 3.63) is 35.9 Å². The summed E-state index contributed by atoms with van der Waals surface area (Å²) in [7, 11) is -1.16. The third-order valence-corrected chi connectivity index (χ3v) is 5.47. The van der Waals surface area contributed by atoms with Gasteiger partial charge in [-0.25, -0.2) is 8.42 Å². The summed E-state index contributed by atoms with van der Waals surface area (Å²) in [5.74, 6) is 0.935. The van der Waals surface area contributed by atoms with Crippen molar-refractivity contribution in [2.24, 2.45) is 4.99 Å². The normalized spacial score (nSPS) is 18.4. The zero-order chi connectivity index (χ0) is 18.1. The molecule has 1 atom stereocenters.